The smallest absolute Gasteiger partial charge is 0.338 e. The lowest BCUT2D eigenvalue weighted by Gasteiger charge is -2.13. The van der Waals surface area contributed by atoms with E-state index >= 15 is 0 Å². The highest BCUT2D eigenvalue weighted by Crippen LogP contribution is 2.26. The van der Waals surface area contributed by atoms with Gasteiger partial charge >= 0.3 is 11.9 Å². The Labute approximate surface area is 229 Å². The molecular weight excluding hydrogens is 498 g/mol. The number of methoxy groups -OCH3 is 3. The minimum absolute atomic E-state index is 0.00982. The molecule has 0 aliphatic heterocycles. The van der Waals surface area contributed by atoms with Crippen molar-refractivity contribution in [3.63, 3.8) is 0 Å². The summed E-state index contributed by atoms with van der Waals surface area (Å²) < 4.78 is 20.9. The molecule has 1 amide bonds. The standard InChI is InChI=1S/C31H35NO7/c1-36-28-21-25(39-19-9-5-8-12-22-10-6-4-7-11-22)16-13-23(28)14-18-29(33)32-24-15-17-26(30(34)37-2)27(20-24)31(35)38-3/h4,6-7,10-11,13,15-17,20-21H,5,8-9,12,14,18-19H2,1-3H3,(H,32,33). The Morgan fingerprint density at radius 3 is 2.21 bits per heavy atom. The molecule has 0 aromatic heterocycles. The van der Waals surface area contributed by atoms with E-state index in [1.54, 1.807) is 7.11 Å². The summed E-state index contributed by atoms with van der Waals surface area (Å²) in [6, 6.07) is 20.4. The highest BCUT2D eigenvalue weighted by Gasteiger charge is 2.19. The van der Waals surface area contributed by atoms with Crippen molar-refractivity contribution in [1.82, 2.24) is 0 Å². The lowest BCUT2D eigenvalue weighted by Crippen LogP contribution is -2.15. The van der Waals surface area contributed by atoms with E-state index in [-0.39, 0.29) is 23.5 Å². The van der Waals surface area contributed by atoms with Crippen LogP contribution in [-0.2, 0) is 27.1 Å². The molecule has 0 unspecified atom stereocenters. The van der Waals surface area contributed by atoms with Crippen molar-refractivity contribution in [3.8, 4) is 11.5 Å². The van der Waals surface area contributed by atoms with E-state index in [9.17, 15) is 14.4 Å². The van der Waals surface area contributed by atoms with Crippen LogP contribution in [0.25, 0.3) is 0 Å². The third-order valence-electron chi connectivity index (χ3n) is 6.22. The summed E-state index contributed by atoms with van der Waals surface area (Å²) in [5.74, 6) is -0.250. The number of benzene rings is 3. The predicted octanol–water partition coefficient (Wildman–Crippen LogP) is 5.63. The van der Waals surface area contributed by atoms with Gasteiger partial charge in [0.25, 0.3) is 0 Å². The van der Waals surface area contributed by atoms with E-state index in [4.69, 9.17) is 18.9 Å². The van der Waals surface area contributed by atoms with Crippen LogP contribution in [0.2, 0.25) is 0 Å². The van der Waals surface area contributed by atoms with E-state index in [0.29, 0.717) is 24.5 Å². The van der Waals surface area contributed by atoms with Gasteiger partial charge in [-0.2, -0.15) is 0 Å². The molecule has 0 aliphatic carbocycles. The average Bonchev–Trinajstić information content (AvgIpc) is 2.97. The molecule has 1 N–H and O–H groups in total. The fourth-order valence-electron chi connectivity index (χ4n) is 4.12. The van der Waals surface area contributed by atoms with Crippen LogP contribution >= 0.6 is 0 Å². The molecule has 0 aliphatic rings. The maximum atomic E-state index is 12.6. The number of nitrogens with one attached hydrogen (secondary N) is 1. The fraction of sp³-hybridized carbons (Fsp3) is 0.323. The van der Waals surface area contributed by atoms with Gasteiger partial charge in [0.2, 0.25) is 5.91 Å². The van der Waals surface area contributed by atoms with Crippen LogP contribution in [0.3, 0.4) is 0 Å². The van der Waals surface area contributed by atoms with Crippen molar-refractivity contribution in [2.75, 3.05) is 33.3 Å². The van der Waals surface area contributed by atoms with Gasteiger partial charge in [-0.25, -0.2) is 9.59 Å². The van der Waals surface area contributed by atoms with Crippen molar-refractivity contribution in [3.05, 3.63) is 89.0 Å². The summed E-state index contributed by atoms with van der Waals surface area (Å²) in [4.78, 5) is 36.7. The molecule has 8 nitrogen and oxygen atoms in total. The van der Waals surface area contributed by atoms with E-state index in [1.807, 2.05) is 24.3 Å². The van der Waals surface area contributed by atoms with Crippen LogP contribution in [0, 0.1) is 0 Å². The molecule has 0 heterocycles. The molecule has 0 spiro atoms. The number of carbonyl (C=O) groups is 3. The first-order valence-corrected chi connectivity index (χ1v) is 12.9. The Balaban J connectivity index is 1.48. The van der Waals surface area contributed by atoms with Gasteiger partial charge in [-0.15, -0.1) is 0 Å². The maximum absolute atomic E-state index is 12.6. The van der Waals surface area contributed by atoms with Gasteiger partial charge < -0.3 is 24.3 Å². The summed E-state index contributed by atoms with van der Waals surface area (Å²) >= 11 is 0. The molecule has 3 rings (SSSR count). The summed E-state index contributed by atoms with van der Waals surface area (Å²) in [7, 11) is 4.02. The molecule has 206 valence electrons. The molecule has 0 radical (unpaired) electrons. The number of hydrogen-bond donors (Lipinski definition) is 1. The monoisotopic (exact) mass is 533 g/mol. The summed E-state index contributed by atoms with van der Waals surface area (Å²) in [5.41, 5.74) is 2.67. The highest BCUT2D eigenvalue weighted by atomic mass is 16.5. The van der Waals surface area contributed by atoms with E-state index in [0.717, 1.165) is 37.0 Å². The van der Waals surface area contributed by atoms with Gasteiger partial charge in [0, 0.05) is 18.2 Å². The number of carbonyl (C=O) groups excluding carboxylic acids is 3. The zero-order valence-electron chi connectivity index (χ0n) is 22.7. The molecule has 0 bridgehead atoms. The molecule has 0 saturated heterocycles. The molecule has 0 saturated carbocycles. The van der Waals surface area contributed by atoms with Gasteiger partial charge in [0.15, 0.2) is 0 Å². The van der Waals surface area contributed by atoms with Gasteiger partial charge in [0.05, 0.1) is 39.1 Å². The molecule has 3 aromatic carbocycles. The number of aryl methyl sites for hydroxylation is 2. The van der Waals surface area contributed by atoms with Gasteiger partial charge in [-0.1, -0.05) is 36.4 Å². The number of unbranched alkanes of at least 4 members (excludes halogenated alkanes) is 2. The van der Waals surface area contributed by atoms with Crippen molar-refractivity contribution >= 4 is 23.5 Å². The zero-order chi connectivity index (χ0) is 28.0. The van der Waals surface area contributed by atoms with Crippen molar-refractivity contribution in [1.29, 1.82) is 0 Å². The topological polar surface area (TPSA) is 100 Å². The summed E-state index contributed by atoms with van der Waals surface area (Å²) in [5, 5.41) is 2.76. The van der Waals surface area contributed by atoms with E-state index in [1.165, 1.54) is 38.0 Å². The largest absolute Gasteiger partial charge is 0.496 e. The van der Waals surface area contributed by atoms with Crippen molar-refractivity contribution < 1.29 is 33.3 Å². The van der Waals surface area contributed by atoms with Gasteiger partial charge in [-0.05, 0) is 67.5 Å². The predicted molar refractivity (Wildman–Crippen MR) is 149 cm³/mol. The number of rotatable bonds is 14. The van der Waals surface area contributed by atoms with Gasteiger partial charge in [0.1, 0.15) is 11.5 Å². The maximum Gasteiger partial charge on any atom is 0.338 e. The van der Waals surface area contributed by atoms with Crippen LogP contribution in [0.1, 0.15) is 57.5 Å². The van der Waals surface area contributed by atoms with E-state index in [2.05, 4.69) is 29.6 Å². The number of amides is 1. The molecule has 8 heteroatoms. The summed E-state index contributed by atoms with van der Waals surface area (Å²) in [6.45, 7) is 0.627. The minimum atomic E-state index is -0.703. The third kappa shape index (κ3) is 8.88. The first kappa shape index (κ1) is 29.2. The van der Waals surface area contributed by atoms with Crippen LogP contribution in [0.15, 0.2) is 66.7 Å². The minimum Gasteiger partial charge on any atom is -0.496 e. The van der Waals surface area contributed by atoms with Gasteiger partial charge in [-0.3, -0.25) is 4.79 Å². The molecule has 0 fully saturated rings. The lowest BCUT2D eigenvalue weighted by molar-refractivity contribution is -0.116. The fourth-order valence-corrected chi connectivity index (χ4v) is 4.12. The second-order valence-electron chi connectivity index (χ2n) is 8.91. The Kier molecular flexibility index (Phi) is 11.4. The van der Waals surface area contributed by atoms with Crippen LogP contribution in [-0.4, -0.2) is 45.8 Å². The number of ether oxygens (including phenoxy) is 4. The first-order chi connectivity index (χ1) is 18.9. The normalized spacial score (nSPS) is 10.4. The number of anilines is 1. The molecular formula is C31H35NO7. The first-order valence-electron chi connectivity index (χ1n) is 12.9. The summed E-state index contributed by atoms with van der Waals surface area (Å²) in [6.07, 6.45) is 4.88. The SMILES string of the molecule is COC(=O)c1ccc(NC(=O)CCc2ccc(OCCCCCc3ccccc3)cc2OC)cc1C(=O)OC. The second-order valence-corrected chi connectivity index (χ2v) is 8.91. The average molecular weight is 534 g/mol. The molecule has 0 atom stereocenters. The highest BCUT2D eigenvalue weighted by molar-refractivity contribution is 6.04. The lowest BCUT2D eigenvalue weighted by atomic mass is 10.1. The van der Waals surface area contributed by atoms with Crippen LogP contribution < -0.4 is 14.8 Å². The van der Waals surface area contributed by atoms with Crippen LogP contribution in [0.4, 0.5) is 5.69 Å². The number of esters is 2. The molecule has 3 aromatic rings. The van der Waals surface area contributed by atoms with Crippen molar-refractivity contribution in [2.24, 2.45) is 0 Å². The van der Waals surface area contributed by atoms with Crippen LogP contribution in [0.5, 0.6) is 11.5 Å². The Hall–Kier alpha value is -4.33. The number of hydrogen-bond acceptors (Lipinski definition) is 7. The zero-order valence-corrected chi connectivity index (χ0v) is 22.7. The Morgan fingerprint density at radius 1 is 0.744 bits per heavy atom. The van der Waals surface area contributed by atoms with E-state index < -0.39 is 11.9 Å². The Morgan fingerprint density at radius 2 is 1.49 bits per heavy atom. The van der Waals surface area contributed by atoms with Crippen molar-refractivity contribution in [2.45, 2.75) is 38.5 Å². The second kappa shape index (κ2) is 15.2. The Bertz CT molecular complexity index is 1260. The quantitative estimate of drug-likeness (QED) is 0.212. The third-order valence-corrected chi connectivity index (χ3v) is 6.22. The molecule has 39 heavy (non-hydrogen) atoms.